The van der Waals surface area contributed by atoms with Crippen molar-refractivity contribution in [3.8, 4) is 0 Å². The summed E-state index contributed by atoms with van der Waals surface area (Å²) in [5.41, 5.74) is 6.67. The normalized spacial score (nSPS) is 14.2. The van der Waals surface area contributed by atoms with Gasteiger partial charge in [-0.25, -0.2) is 0 Å². The molecule has 0 saturated heterocycles. The van der Waals surface area contributed by atoms with E-state index < -0.39 is 0 Å². The monoisotopic (exact) mass is 423 g/mol. The van der Waals surface area contributed by atoms with E-state index in [2.05, 4.69) is 85.3 Å². The summed E-state index contributed by atoms with van der Waals surface area (Å²) in [6, 6.07) is 16.0. The molecule has 1 N–H and O–H groups in total. The smallest absolute Gasteiger partial charge is 0.173 e. The molecule has 3 rings (SSSR count). The maximum absolute atomic E-state index is 5.86. The van der Waals surface area contributed by atoms with E-state index in [-0.39, 0.29) is 0 Å². The fourth-order valence-corrected chi connectivity index (χ4v) is 4.60. The van der Waals surface area contributed by atoms with Crippen molar-refractivity contribution in [3.05, 3.63) is 59.2 Å². The van der Waals surface area contributed by atoms with E-state index >= 15 is 0 Å². The molecule has 1 aliphatic rings. The molecule has 0 unspecified atom stereocenters. The molecular weight excluding hydrogens is 386 g/mol. The topological polar surface area (TPSA) is 18.5 Å². The van der Waals surface area contributed by atoms with Gasteiger partial charge >= 0.3 is 0 Å². The maximum atomic E-state index is 5.86. The minimum atomic E-state index is 0.381. The summed E-state index contributed by atoms with van der Waals surface area (Å²) in [7, 11) is 0. The summed E-state index contributed by atoms with van der Waals surface area (Å²) in [6.45, 7) is 12.1. The molecule has 1 atom stereocenters. The van der Waals surface area contributed by atoms with Crippen LogP contribution in [0.3, 0.4) is 0 Å². The van der Waals surface area contributed by atoms with Gasteiger partial charge in [0.05, 0.1) is 0 Å². The van der Waals surface area contributed by atoms with Gasteiger partial charge in [-0.15, -0.1) is 0 Å². The number of nitrogens with one attached hydrogen (secondary N) is 1. The van der Waals surface area contributed by atoms with Gasteiger partial charge in [-0.3, -0.25) is 0 Å². The Kier molecular flexibility index (Phi) is 8.15. The maximum Gasteiger partial charge on any atom is 0.173 e. The molecule has 0 saturated carbocycles. The molecular formula is C26H37N3S. The average Bonchev–Trinajstić information content (AvgIpc) is 2.77. The van der Waals surface area contributed by atoms with Gasteiger partial charge in [-0.2, -0.15) is 0 Å². The van der Waals surface area contributed by atoms with Gasteiger partial charge in [0, 0.05) is 37.1 Å². The standard InChI is InChI=1S/C26H37N3S/c1-5-15-28-16-9-11-23-17-22(13-14-25(23)28)19-29(20(4)6-2)26(30)27-24-12-8-10-21(7-3)18-24/h8,10,12-14,17-18,20H,5-7,9,11,15-16,19H2,1-4H3,(H,27,30)/t20-/m0/s1. The highest BCUT2D eigenvalue weighted by molar-refractivity contribution is 7.80. The molecule has 0 aliphatic carbocycles. The zero-order valence-electron chi connectivity index (χ0n) is 19.1. The van der Waals surface area contributed by atoms with E-state index in [1.165, 1.54) is 48.2 Å². The van der Waals surface area contributed by atoms with E-state index in [1.54, 1.807) is 0 Å². The lowest BCUT2D eigenvalue weighted by Gasteiger charge is -2.34. The van der Waals surface area contributed by atoms with Crippen molar-refractivity contribution in [2.45, 2.75) is 72.4 Å². The van der Waals surface area contributed by atoms with Gasteiger partial charge in [-0.1, -0.05) is 45.0 Å². The van der Waals surface area contributed by atoms with Gasteiger partial charge in [0.2, 0.25) is 0 Å². The van der Waals surface area contributed by atoms with Crippen LogP contribution in [0.2, 0.25) is 0 Å². The number of hydrogen-bond donors (Lipinski definition) is 1. The Morgan fingerprint density at radius 3 is 2.70 bits per heavy atom. The van der Waals surface area contributed by atoms with Gasteiger partial charge < -0.3 is 15.1 Å². The molecule has 1 heterocycles. The average molecular weight is 424 g/mol. The van der Waals surface area contributed by atoms with Crippen molar-refractivity contribution in [2.24, 2.45) is 0 Å². The third kappa shape index (κ3) is 5.54. The lowest BCUT2D eigenvalue weighted by molar-refractivity contribution is 0.319. The fraction of sp³-hybridized carbons (Fsp3) is 0.500. The van der Waals surface area contributed by atoms with Gasteiger partial charge in [0.1, 0.15) is 0 Å². The second kappa shape index (κ2) is 10.8. The summed E-state index contributed by atoms with van der Waals surface area (Å²) < 4.78 is 0. The number of hydrogen-bond acceptors (Lipinski definition) is 2. The highest BCUT2D eigenvalue weighted by Gasteiger charge is 2.20. The Morgan fingerprint density at radius 1 is 1.13 bits per heavy atom. The predicted molar refractivity (Wildman–Crippen MR) is 135 cm³/mol. The fourth-order valence-electron chi connectivity index (χ4n) is 4.24. The van der Waals surface area contributed by atoms with E-state index in [9.17, 15) is 0 Å². The molecule has 2 aromatic carbocycles. The largest absolute Gasteiger partial charge is 0.371 e. The number of nitrogens with zero attached hydrogens (tertiary/aromatic N) is 2. The number of anilines is 2. The van der Waals surface area contributed by atoms with Crippen LogP contribution in [-0.2, 0) is 19.4 Å². The molecule has 0 fully saturated rings. The zero-order valence-corrected chi connectivity index (χ0v) is 19.9. The number of rotatable bonds is 8. The van der Waals surface area contributed by atoms with Crippen LogP contribution in [0, 0.1) is 0 Å². The number of fused-ring (bicyclic) bond motifs is 1. The minimum absolute atomic E-state index is 0.381. The Bertz CT molecular complexity index is 848. The van der Waals surface area contributed by atoms with Gasteiger partial charge in [0.15, 0.2) is 5.11 Å². The molecule has 0 radical (unpaired) electrons. The molecule has 2 aromatic rings. The van der Waals surface area contributed by atoms with Crippen molar-refractivity contribution in [2.75, 3.05) is 23.3 Å². The quantitative estimate of drug-likeness (QED) is 0.494. The van der Waals surface area contributed by atoms with Crippen molar-refractivity contribution in [3.63, 3.8) is 0 Å². The van der Waals surface area contributed by atoms with E-state index in [0.717, 1.165) is 36.7 Å². The molecule has 0 bridgehead atoms. The first-order valence-electron chi connectivity index (χ1n) is 11.6. The van der Waals surface area contributed by atoms with Crippen LogP contribution in [0.1, 0.15) is 63.6 Å². The summed E-state index contributed by atoms with van der Waals surface area (Å²) in [6.07, 6.45) is 5.72. The first-order chi connectivity index (χ1) is 14.5. The van der Waals surface area contributed by atoms with Crippen molar-refractivity contribution in [1.82, 2.24) is 4.90 Å². The third-order valence-corrected chi connectivity index (χ3v) is 6.51. The van der Waals surface area contributed by atoms with E-state index in [1.807, 2.05) is 0 Å². The molecule has 1 aliphatic heterocycles. The van der Waals surface area contributed by atoms with Crippen molar-refractivity contribution >= 4 is 28.7 Å². The van der Waals surface area contributed by atoms with E-state index in [0.29, 0.717) is 6.04 Å². The molecule has 162 valence electrons. The Hall–Kier alpha value is -2.07. The lowest BCUT2D eigenvalue weighted by atomic mass is 9.98. The van der Waals surface area contributed by atoms with Gasteiger partial charge in [0.25, 0.3) is 0 Å². The van der Waals surface area contributed by atoms with E-state index in [4.69, 9.17) is 12.2 Å². The molecule has 0 aromatic heterocycles. The van der Waals surface area contributed by atoms with Crippen LogP contribution in [-0.4, -0.2) is 29.1 Å². The summed E-state index contributed by atoms with van der Waals surface area (Å²) in [4.78, 5) is 4.88. The molecule has 3 nitrogen and oxygen atoms in total. The minimum Gasteiger partial charge on any atom is -0.371 e. The number of aryl methyl sites for hydroxylation is 2. The molecule has 0 spiro atoms. The third-order valence-electron chi connectivity index (χ3n) is 6.18. The Balaban J connectivity index is 1.77. The molecule has 0 amide bonds. The number of thiocarbonyl (C=S) groups is 1. The Morgan fingerprint density at radius 2 is 1.97 bits per heavy atom. The van der Waals surface area contributed by atoms with Crippen LogP contribution < -0.4 is 10.2 Å². The highest BCUT2D eigenvalue weighted by atomic mass is 32.1. The van der Waals surface area contributed by atoms with Gasteiger partial charge in [-0.05, 0) is 86.1 Å². The highest BCUT2D eigenvalue weighted by Crippen LogP contribution is 2.29. The molecule has 4 heteroatoms. The summed E-state index contributed by atoms with van der Waals surface area (Å²) >= 11 is 5.86. The predicted octanol–water partition coefficient (Wildman–Crippen LogP) is 6.41. The van der Waals surface area contributed by atoms with Crippen molar-refractivity contribution in [1.29, 1.82) is 0 Å². The second-order valence-electron chi connectivity index (χ2n) is 8.42. The Labute approximate surface area is 188 Å². The van der Waals surface area contributed by atoms with Crippen LogP contribution in [0.15, 0.2) is 42.5 Å². The van der Waals surface area contributed by atoms with Crippen LogP contribution in [0.5, 0.6) is 0 Å². The zero-order chi connectivity index (χ0) is 21.5. The summed E-state index contributed by atoms with van der Waals surface area (Å²) in [5.74, 6) is 0. The molecule has 30 heavy (non-hydrogen) atoms. The lowest BCUT2D eigenvalue weighted by Crippen LogP contribution is -2.40. The first kappa shape index (κ1) is 22.6. The SMILES string of the molecule is CCCN1CCCc2cc(CN(C(=S)Nc3cccc(CC)c3)[C@@H](C)CC)ccc21. The number of benzene rings is 2. The van der Waals surface area contributed by atoms with Crippen LogP contribution in [0.25, 0.3) is 0 Å². The first-order valence-corrected chi connectivity index (χ1v) is 12.0. The summed E-state index contributed by atoms with van der Waals surface area (Å²) in [5, 5.41) is 4.30. The van der Waals surface area contributed by atoms with Crippen molar-refractivity contribution < 1.29 is 0 Å². The van der Waals surface area contributed by atoms with Crippen LogP contribution in [0.4, 0.5) is 11.4 Å². The second-order valence-corrected chi connectivity index (χ2v) is 8.81. The van der Waals surface area contributed by atoms with Crippen LogP contribution >= 0.6 is 12.2 Å².